The van der Waals surface area contributed by atoms with Crippen molar-refractivity contribution in [3.63, 3.8) is 0 Å². The highest BCUT2D eigenvalue weighted by Crippen LogP contribution is 2.36. The van der Waals surface area contributed by atoms with Crippen LogP contribution in [0.25, 0.3) is 22.5 Å². The number of anilines is 1. The molecule has 0 atom stereocenters. The van der Waals surface area contributed by atoms with E-state index < -0.39 is 5.82 Å². The van der Waals surface area contributed by atoms with Crippen molar-refractivity contribution in [1.29, 1.82) is 0 Å². The first-order valence-corrected chi connectivity index (χ1v) is 6.21. The summed E-state index contributed by atoms with van der Waals surface area (Å²) in [6.45, 7) is 0. The number of hydrogen-bond acceptors (Lipinski definition) is 5. The molecule has 3 aromatic rings. The molecule has 3 rings (SSSR count). The first-order chi connectivity index (χ1) is 10.2. The molecule has 106 valence electrons. The lowest BCUT2D eigenvalue weighted by Crippen LogP contribution is -1.92. The Morgan fingerprint density at radius 2 is 2.10 bits per heavy atom. The smallest absolute Gasteiger partial charge is 0.232 e. The number of aromatic nitrogens is 2. The molecule has 1 aromatic carbocycles. The third-order valence-electron chi connectivity index (χ3n) is 3.06. The van der Waals surface area contributed by atoms with Crippen molar-refractivity contribution in [3.05, 3.63) is 48.4 Å². The van der Waals surface area contributed by atoms with Gasteiger partial charge in [-0.05, 0) is 30.3 Å². The maximum Gasteiger partial charge on any atom is 0.232 e. The Hall–Kier alpha value is -2.89. The quantitative estimate of drug-likeness (QED) is 0.800. The molecule has 2 N–H and O–H groups in total. The number of pyridine rings is 1. The van der Waals surface area contributed by atoms with Gasteiger partial charge < -0.3 is 15.0 Å². The summed E-state index contributed by atoms with van der Waals surface area (Å²) >= 11 is 0. The fourth-order valence-electron chi connectivity index (χ4n) is 2.07. The number of rotatable bonds is 3. The molecule has 0 amide bonds. The van der Waals surface area contributed by atoms with Crippen LogP contribution in [-0.4, -0.2) is 17.3 Å². The highest BCUT2D eigenvalue weighted by molar-refractivity contribution is 5.85. The number of ether oxygens (including phenoxy) is 1. The fraction of sp³-hybridized carbons (Fsp3) is 0.0667. The summed E-state index contributed by atoms with van der Waals surface area (Å²) in [5, 5.41) is 3.95. The Morgan fingerprint density at radius 1 is 1.24 bits per heavy atom. The first kappa shape index (κ1) is 13.1. The molecule has 0 saturated carbocycles. The molecule has 2 heterocycles. The zero-order valence-electron chi connectivity index (χ0n) is 11.2. The van der Waals surface area contributed by atoms with Gasteiger partial charge in [0.05, 0.1) is 18.4 Å². The van der Waals surface area contributed by atoms with Crippen molar-refractivity contribution in [2.75, 3.05) is 12.8 Å². The minimum absolute atomic E-state index is 0.126. The van der Waals surface area contributed by atoms with Crippen molar-refractivity contribution < 1.29 is 13.7 Å². The molecule has 0 fully saturated rings. The van der Waals surface area contributed by atoms with Gasteiger partial charge in [-0.25, -0.2) is 4.39 Å². The van der Waals surface area contributed by atoms with Gasteiger partial charge >= 0.3 is 0 Å². The second-order valence-corrected chi connectivity index (χ2v) is 4.33. The number of halogens is 1. The topological polar surface area (TPSA) is 74.2 Å². The van der Waals surface area contributed by atoms with E-state index in [4.69, 9.17) is 15.0 Å². The van der Waals surface area contributed by atoms with E-state index in [1.54, 1.807) is 30.5 Å². The van der Waals surface area contributed by atoms with Gasteiger partial charge in [0.15, 0.2) is 11.6 Å². The largest absolute Gasteiger partial charge is 0.494 e. The first-order valence-electron chi connectivity index (χ1n) is 6.21. The molecule has 6 heteroatoms. The number of nitrogens with two attached hydrogens (primary N) is 1. The highest BCUT2D eigenvalue weighted by atomic mass is 19.1. The van der Waals surface area contributed by atoms with Crippen LogP contribution in [0.15, 0.2) is 47.1 Å². The van der Waals surface area contributed by atoms with Crippen LogP contribution in [0.4, 0.5) is 10.3 Å². The minimum Gasteiger partial charge on any atom is -0.494 e. The van der Waals surface area contributed by atoms with E-state index in [0.29, 0.717) is 22.5 Å². The van der Waals surface area contributed by atoms with Crippen molar-refractivity contribution in [2.24, 2.45) is 0 Å². The number of nitrogens with zero attached hydrogens (tertiary/aromatic N) is 2. The van der Waals surface area contributed by atoms with Crippen LogP contribution in [-0.2, 0) is 0 Å². The molecule has 0 bridgehead atoms. The molecule has 0 aliphatic carbocycles. The van der Waals surface area contributed by atoms with Crippen molar-refractivity contribution in [1.82, 2.24) is 10.1 Å². The minimum atomic E-state index is -0.447. The number of benzene rings is 1. The van der Waals surface area contributed by atoms with Crippen LogP contribution in [0, 0.1) is 5.82 Å². The molecule has 2 aromatic heterocycles. The van der Waals surface area contributed by atoms with E-state index >= 15 is 0 Å². The van der Waals surface area contributed by atoms with Gasteiger partial charge in [0.25, 0.3) is 0 Å². The van der Waals surface area contributed by atoms with E-state index in [1.807, 2.05) is 6.07 Å². The Morgan fingerprint density at radius 3 is 2.81 bits per heavy atom. The van der Waals surface area contributed by atoms with E-state index in [-0.39, 0.29) is 11.6 Å². The van der Waals surface area contributed by atoms with Gasteiger partial charge in [-0.1, -0.05) is 11.2 Å². The van der Waals surface area contributed by atoms with Gasteiger partial charge in [-0.3, -0.25) is 4.98 Å². The zero-order chi connectivity index (χ0) is 14.8. The van der Waals surface area contributed by atoms with E-state index in [0.717, 1.165) is 0 Å². The Labute approximate surface area is 120 Å². The third-order valence-corrected chi connectivity index (χ3v) is 3.06. The summed E-state index contributed by atoms with van der Waals surface area (Å²) in [5.74, 6) is -0.162. The third kappa shape index (κ3) is 2.31. The van der Waals surface area contributed by atoms with Crippen LogP contribution in [0.3, 0.4) is 0 Å². The van der Waals surface area contributed by atoms with Crippen LogP contribution < -0.4 is 10.5 Å². The number of methoxy groups -OCH3 is 1. The molecular formula is C15H12FN3O2. The number of hydrogen-bond donors (Lipinski definition) is 1. The lowest BCUT2D eigenvalue weighted by atomic mass is 10.0. The molecule has 0 radical (unpaired) electrons. The molecule has 0 unspecified atom stereocenters. The van der Waals surface area contributed by atoms with Crippen LogP contribution >= 0.6 is 0 Å². The summed E-state index contributed by atoms with van der Waals surface area (Å²) in [6, 6.07) is 9.87. The molecule has 0 aliphatic rings. The summed E-state index contributed by atoms with van der Waals surface area (Å²) in [4.78, 5) is 4.24. The monoisotopic (exact) mass is 285 g/mol. The molecule has 5 nitrogen and oxygen atoms in total. The SMILES string of the molecule is COc1cc(-c2noc(N)c2-c2ccccn2)ccc1F. The maximum atomic E-state index is 13.5. The Balaban J connectivity index is 2.17. The van der Waals surface area contributed by atoms with E-state index in [9.17, 15) is 4.39 Å². The zero-order valence-corrected chi connectivity index (χ0v) is 11.2. The standard InChI is InChI=1S/C15H12FN3O2/c1-20-12-8-9(5-6-10(12)16)14-13(15(17)21-19-14)11-4-2-3-7-18-11/h2-8H,17H2,1H3. The summed E-state index contributed by atoms with van der Waals surface area (Å²) in [6.07, 6.45) is 1.65. The summed E-state index contributed by atoms with van der Waals surface area (Å²) < 4.78 is 23.5. The average molecular weight is 285 g/mol. The molecule has 0 spiro atoms. The Kier molecular flexibility index (Phi) is 3.27. The molecular weight excluding hydrogens is 273 g/mol. The molecule has 0 aliphatic heterocycles. The highest BCUT2D eigenvalue weighted by Gasteiger charge is 2.19. The van der Waals surface area contributed by atoms with Gasteiger partial charge in [0.2, 0.25) is 5.88 Å². The van der Waals surface area contributed by atoms with Gasteiger partial charge in [-0.15, -0.1) is 0 Å². The van der Waals surface area contributed by atoms with Gasteiger partial charge in [0.1, 0.15) is 5.69 Å². The Bertz CT molecular complexity index is 772. The maximum absolute atomic E-state index is 13.5. The summed E-state index contributed by atoms with van der Waals surface area (Å²) in [5.41, 5.74) is 8.17. The van der Waals surface area contributed by atoms with Crippen molar-refractivity contribution in [2.45, 2.75) is 0 Å². The van der Waals surface area contributed by atoms with E-state index in [1.165, 1.54) is 13.2 Å². The normalized spacial score (nSPS) is 10.6. The second-order valence-electron chi connectivity index (χ2n) is 4.33. The van der Waals surface area contributed by atoms with Crippen LogP contribution in [0.1, 0.15) is 0 Å². The lowest BCUT2D eigenvalue weighted by Gasteiger charge is -2.05. The molecule has 0 saturated heterocycles. The van der Waals surface area contributed by atoms with Crippen LogP contribution in [0.5, 0.6) is 5.75 Å². The number of nitrogen functional groups attached to an aromatic ring is 1. The van der Waals surface area contributed by atoms with Crippen molar-refractivity contribution >= 4 is 5.88 Å². The van der Waals surface area contributed by atoms with E-state index in [2.05, 4.69) is 10.1 Å². The average Bonchev–Trinajstić information content (AvgIpc) is 2.90. The van der Waals surface area contributed by atoms with Crippen molar-refractivity contribution in [3.8, 4) is 28.3 Å². The van der Waals surface area contributed by atoms with Gasteiger partial charge in [-0.2, -0.15) is 0 Å². The van der Waals surface area contributed by atoms with Crippen LogP contribution in [0.2, 0.25) is 0 Å². The second kappa shape index (κ2) is 5.24. The fourth-order valence-corrected chi connectivity index (χ4v) is 2.07. The van der Waals surface area contributed by atoms with Gasteiger partial charge in [0, 0.05) is 11.8 Å². The molecule has 21 heavy (non-hydrogen) atoms. The summed E-state index contributed by atoms with van der Waals surface area (Å²) in [7, 11) is 1.40. The lowest BCUT2D eigenvalue weighted by molar-refractivity contribution is 0.386. The predicted molar refractivity (Wildman–Crippen MR) is 76.1 cm³/mol. The predicted octanol–water partition coefficient (Wildman–Crippen LogP) is 3.13.